The van der Waals surface area contributed by atoms with Crippen LogP contribution in [-0.2, 0) is 9.59 Å². The summed E-state index contributed by atoms with van der Waals surface area (Å²) in [7, 11) is 0. The maximum absolute atomic E-state index is 12.4. The van der Waals surface area contributed by atoms with Gasteiger partial charge in [-0.05, 0) is 19.3 Å². The summed E-state index contributed by atoms with van der Waals surface area (Å²) in [6.07, 6.45) is 5.08. The van der Waals surface area contributed by atoms with Gasteiger partial charge in [-0.3, -0.25) is 19.8 Å². The number of imide groups is 2. The first-order chi connectivity index (χ1) is 8.50. The van der Waals surface area contributed by atoms with Gasteiger partial charge in [-0.1, -0.05) is 26.2 Å². The van der Waals surface area contributed by atoms with Gasteiger partial charge in [-0.15, -0.1) is 0 Å². The van der Waals surface area contributed by atoms with Crippen molar-refractivity contribution in [3.05, 3.63) is 0 Å². The molecule has 1 saturated carbocycles. The highest BCUT2D eigenvalue weighted by Gasteiger charge is 2.52. The fourth-order valence-corrected chi connectivity index (χ4v) is 2.80. The van der Waals surface area contributed by atoms with E-state index in [-0.39, 0.29) is 12.5 Å². The number of carbonyl (C=O) groups excluding carboxylic acids is 3. The Balaban J connectivity index is 2.26. The molecule has 1 heterocycles. The highest BCUT2D eigenvalue weighted by molar-refractivity contribution is 7.83. The lowest BCUT2D eigenvalue weighted by atomic mass is 9.91. The van der Waals surface area contributed by atoms with Crippen molar-refractivity contribution in [3.8, 4) is 0 Å². The largest absolute Gasteiger partial charge is 0.331 e. The van der Waals surface area contributed by atoms with Crippen LogP contribution in [0.25, 0.3) is 0 Å². The Morgan fingerprint density at radius 2 is 1.89 bits per heavy atom. The number of rotatable bonds is 2. The van der Waals surface area contributed by atoms with Gasteiger partial charge in [0.2, 0.25) is 0 Å². The molecule has 0 aromatic carbocycles. The van der Waals surface area contributed by atoms with Gasteiger partial charge in [-0.2, -0.15) is 12.6 Å². The molecule has 2 rings (SSSR count). The lowest BCUT2D eigenvalue weighted by Crippen LogP contribution is -2.67. The quantitative estimate of drug-likeness (QED) is 0.590. The Kier molecular flexibility index (Phi) is 3.66. The van der Waals surface area contributed by atoms with Crippen LogP contribution in [0.1, 0.15) is 45.4 Å². The minimum Gasteiger partial charge on any atom is -0.276 e. The molecule has 0 spiro atoms. The van der Waals surface area contributed by atoms with Crippen molar-refractivity contribution < 1.29 is 14.4 Å². The van der Waals surface area contributed by atoms with Gasteiger partial charge < -0.3 is 0 Å². The van der Waals surface area contributed by atoms with Crippen LogP contribution in [0.2, 0.25) is 0 Å². The number of barbiturate groups is 1. The van der Waals surface area contributed by atoms with Crippen LogP contribution in [0.4, 0.5) is 4.79 Å². The van der Waals surface area contributed by atoms with Crippen LogP contribution in [0, 0.1) is 0 Å². The first-order valence-corrected chi connectivity index (χ1v) is 6.87. The number of hydrogen-bond donors (Lipinski definition) is 2. The van der Waals surface area contributed by atoms with Crippen molar-refractivity contribution in [2.45, 2.75) is 56.2 Å². The Labute approximate surface area is 112 Å². The number of thiol groups is 1. The van der Waals surface area contributed by atoms with Gasteiger partial charge in [-0.25, -0.2) is 4.79 Å². The normalized spacial score (nSPS) is 30.6. The summed E-state index contributed by atoms with van der Waals surface area (Å²) >= 11 is 4.20. The van der Waals surface area contributed by atoms with Gasteiger partial charge in [0, 0.05) is 6.04 Å². The average molecular weight is 270 g/mol. The van der Waals surface area contributed by atoms with Crippen molar-refractivity contribution >= 4 is 30.5 Å². The molecule has 18 heavy (non-hydrogen) atoms. The molecule has 1 atom stereocenters. The summed E-state index contributed by atoms with van der Waals surface area (Å²) in [5.74, 6) is -1.07. The number of nitrogens with one attached hydrogen (secondary N) is 1. The number of amides is 4. The third-order valence-electron chi connectivity index (χ3n) is 3.84. The maximum Gasteiger partial charge on any atom is 0.331 e. The van der Waals surface area contributed by atoms with E-state index >= 15 is 0 Å². The molecular weight excluding hydrogens is 252 g/mol. The van der Waals surface area contributed by atoms with Gasteiger partial charge in [0.1, 0.15) is 0 Å². The molecule has 4 amide bonds. The highest BCUT2D eigenvalue weighted by atomic mass is 32.1. The Bertz CT molecular complexity index is 393. The molecule has 6 heteroatoms. The minimum atomic E-state index is -1.40. The van der Waals surface area contributed by atoms with Gasteiger partial charge in [0.15, 0.2) is 4.75 Å². The number of carbonyl (C=O) groups is 3. The second-order valence-electron chi connectivity index (χ2n) is 4.94. The molecule has 0 bridgehead atoms. The van der Waals surface area contributed by atoms with E-state index in [9.17, 15) is 14.4 Å². The van der Waals surface area contributed by atoms with E-state index in [1.165, 1.54) is 4.90 Å². The molecular formula is C12H18N2O3S. The van der Waals surface area contributed by atoms with Crippen molar-refractivity contribution in [2.24, 2.45) is 0 Å². The summed E-state index contributed by atoms with van der Waals surface area (Å²) in [5, 5.41) is 2.25. The van der Waals surface area contributed by atoms with Gasteiger partial charge in [0.25, 0.3) is 11.8 Å². The molecule has 1 aliphatic heterocycles. The first kappa shape index (κ1) is 13.4. The Hall–Kier alpha value is -1.04. The first-order valence-electron chi connectivity index (χ1n) is 6.42. The molecule has 2 aliphatic rings. The smallest absolute Gasteiger partial charge is 0.276 e. The summed E-state index contributed by atoms with van der Waals surface area (Å²) in [6.45, 7) is 1.72. The highest BCUT2D eigenvalue weighted by Crippen LogP contribution is 2.31. The van der Waals surface area contributed by atoms with E-state index in [2.05, 4.69) is 17.9 Å². The van der Waals surface area contributed by atoms with E-state index < -0.39 is 22.6 Å². The molecule has 1 N–H and O–H groups in total. The molecule has 0 radical (unpaired) electrons. The SMILES string of the molecule is CCC1(S)C(=O)NC(=O)N(C2CCCCC2)C1=O. The predicted octanol–water partition coefficient (Wildman–Crippen LogP) is 1.48. The van der Waals surface area contributed by atoms with E-state index in [0.717, 1.165) is 32.1 Å². The van der Waals surface area contributed by atoms with Gasteiger partial charge >= 0.3 is 6.03 Å². The van der Waals surface area contributed by atoms with Crippen molar-refractivity contribution in [1.29, 1.82) is 0 Å². The molecule has 0 aromatic heterocycles. The molecule has 0 aromatic rings. The number of nitrogens with zero attached hydrogens (tertiary/aromatic N) is 1. The fourth-order valence-electron chi connectivity index (χ4n) is 2.63. The second kappa shape index (κ2) is 4.91. The van der Waals surface area contributed by atoms with Crippen molar-refractivity contribution in [3.63, 3.8) is 0 Å². The summed E-state index contributed by atoms with van der Waals surface area (Å²) in [4.78, 5) is 37.2. The maximum atomic E-state index is 12.4. The minimum absolute atomic E-state index is 0.0857. The Morgan fingerprint density at radius 1 is 1.28 bits per heavy atom. The topological polar surface area (TPSA) is 66.5 Å². The molecule has 1 saturated heterocycles. The zero-order valence-corrected chi connectivity index (χ0v) is 11.3. The van der Waals surface area contributed by atoms with Crippen LogP contribution in [0.15, 0.2) is 0 Å². The van der Waals surface area contributed by atoms with Crippen LogP contribution >= 0.6 is 12.6 Å². The number of hydrogen-bond acceptors (Lipinski definition) is 4. The van der Waals surface area contributed by atoms with Crippen LogP contribution in [0.3, 0.4) is 0 Å². The van der Waals surface area contributed by atoms with Crippen molar-refractivity contribution in [2.75, 3.05) is 0 Å². The lowest BCUT2D eigenvalue weighted by molar-refractivity contribution is -0.142. The summed E-state index contributed by atoms with van der Waals surface area (Å²) < 4.78 is -1.40. The molecule has 100 valence electrons. The Morgan fingerprint density at radius 3 is 2.44 bits per heavy atom. The fraction of sp³-hybridized carbons (Fsp3) is 0.750. The third-order valence-corrected chi connectivity index (χ3v) is 4.55. The van der Waals surface area contributed by atoms with E-state index in [4.69, 9.17) is 0 Å². The molecule has 5 nitrogen and oxygen atoms in total. The van der Waals surface area contributed by atoms with Gasteiger partial charge in [0.05, 0.1) is 0 Å². The van der Waals surface area contributed by atoms with Crippen molar-refractivity contribution in [1.82, 2.24) is 10.2 Å². The second-order valence-corrected chi connectivity index (χ2v) is 5.70. The average Bonchev–Trinajstić information content (AvgIpc) is 2.37. The summed E-state index contributed by atoms with van der Waals surface area (Å²) in [6, 6.07) is -0.674. The predicted molar refractivity (Wildman–Crippen MR) is 69.3 cm³/mol. The van der Waals surface area contributed by atoms with Crippen LogP contribution in [-0.4, -0.2) is 33.5 Å². The molecule has 1 unspecified atom stereocenters. The zero-order valence-electron chi connectivity index (χ0n) is 10.4. The third kappa shape index (κ3) is 2.02. The molecule has 1 aliphatic carbocycles. The van der Waals surface area contributed by atoms with Crippen LogP contribution < -0.4 is 5.32 Å². The summed E-state index contributed by atoms with van der Waals surface area (Å²) in [5.41, 5.74) is 0. The lowest BCUT2D eigenvalue weighted by Gasteiger charge is -2.40. The van der Waals surface area contributed by atoms with Crippen LogP contribution in [0.5, 0.6) is 0 Å². The van der Waals surface area contributed by atoms with E-state index in [0.29, 0.717) is 0 Å². The molecule has 2 fully saturated rings. The van der Waals surface area contributed by atoms with E-state index in [1.54, 1.807) is 6.92 Å². The van der Waals surface area contributed by atoms with E-state index in [1.807, 2.05) is 0 Å². The standard InChI is InChI=1S/C12H18N2O3S/c1-2-12(18)9(15)13-11(17)14(10(12)16)8-6-4-3-5-7-8/h8,18H,2-7H2,1H3,(H,13,15,17). The monoisotopic (exact) mass is 270 g/mol. The number of urea groups is 1. The zero-order chi connectivity index (χ0) is 13.3.